The topological polar surface area (TPSA) is 39.0 Å². The fourth-order valence-electron chi connectivity index (χ4n) is 3.16. The molecule has 6 heteroatoms. The number of halogens is 1. The number of aromatic nitrogens is 2. The van der Waals surface area contributed by atoms with Crippen LogP contribution in [0.15, 0.2) is 24.5 Å². The van der Waals surface area contributed by atoms with Gasteiger partial charge >= 0.3 is 0 Å². The Hall–Kier alpha value is -1.50. The van der Waals surface area contributed by atoms with Crippen molar-refractivity contribution in [3.63, 3.8) is 0 Å². The van der Waals surface area contributed by atoms with Crippen molar-refractivity contribution in [1.82, 2.24) is 14.3 Å². The van der Waals surface area contributed by atoms with Gasteiger partial charge in [-0.05, 0) is 12.1 Å². The van der Waals surface area contributed by atoms with E-state index in [1.807, 2.05) is 6.20 Å². The molecule has 0 aliphatic carbocycles. The fraction of sp³-hybridized carbons (Fsp3) is 0.533. The Balaban J connectivity index is 1.43. The van der Waals surface area contributed by atoms with E-state index in [4.69, 9.17) is 9.47 Å². The predicted octanol–water partition coefficient (Wildman–Crippen LogP) is 1.81. The van der Waals surface area contributed by atoms with Crippen LogP contribution in [0.3, 0.4) is 0 Å². The summed E-state index contributed by atoms with van der Waals surface area (Å²) in [6, 6.07) is 3.13. The van der Waals surface area contributed by atoms with E-state index in [1.165, 1.54) is 12.3 Å². The fourth-order valence-corrected chi connectivity index (χ4v) is 3.16. The van der Waals surface area contributed by atoms with Gasteiger partial charge in [-0.3, -0.25) is 4.90 Å². The molecule has 0 unspecified atom stereocenters. The maximum Gasteiger partial charge on any atom is 0.170 e. The number of rotatable bonds is 2. The lowest BCUT2D eigenvalue weighted by molar-refractivity contribution is -0.185. The van der Waals surface area contributed by atoms with Gasteiger partial charge < -0.3 is 13.9 Å². The number of fused-ring (bicyclic) bond motifs is 1. The summed E-state index contributed by atoms with van der Waals surface area (Å²) < 4.78 is 26.4. The molecule has 2 aliphatic heterocycles. The summed E-state index contributed by atoms with van der Waals surface area (Å²) in [4.78, 5) is 6.87. The molecule has 0 N–H and O–H groups in total. The van der Waals surface area contributed by atoms with E-state index in [0.717, 1.165) is 43.8 Å². The first-order chi connectivity index (χ1) is 10.2. The molecule has 0 atom stereocenters. The summed E-state index contributed by atoms with van der Waals surface area (Å²) in [5.74, 6) is -0.583. The van der Waals surface area contributed by atoms with Crippen LogP contribution >= 0.6 is 0 Å². The summed E-state index contributed by atoms with van der Waals surface area (Å²) in [6.07, 6.45) is 5.15. The second-order valence-corrected chi connectivity index (χ2v) is 5.73. The Bertz CT molecular complexity index is 641. The third-order valence-corrected chi connectivity index (χ3v) is 4.28. The highest BCUT2D eigenvalue weighted by molar-refractivity contribution is 5.39. The quantitative estimate of drug-likeness (QED) is 0.846. The summed E-state index contributed by atoms with van der Waals surface area (Å²) in [6.45, 7) is 4.06. The van der Waals surface area contributed by atoms with Gasteiger partial charge in [0.25, 0.3) is 0 Å². The number of likely N-dealkylation sites (tertiary alicyclic amines) is 1. The molecule has 4 rings (SSSR count). The predicted molar refractivity (Wildman–Crippen MR) is 74.3 cm³/mol. The van der Waals surface area contributed by atoms with Crippen LogP contribution in [0.25, 0.3) is 5.65 Å². The van der Waals surface area contributed by atoms with Crippen LogP contribution in [-0.2, 0) is 16.0 Å². The van der Waals surface area contributed by atoms with Crippen LogP contribution in [0.4, 0.5) is 4.39 Å². The first-order valence-corrected chi connectivity index (χ1v) is 7.36. The Morgan fingerprint density at radius 3 is 2.67 bits per heavy atom. The molecule has 1 spiro atoms. The first-order valence-electron chi connectivity index (χ1n) is 7.36. The third kappa shape index (κ3) is 2.54. The normalized spacial score (nSPS) is 22.3. The molecule has 2 saturated heterocycles. The van der Waals surface area contributed by atoms with Crippen molar-refractivity contribution in [2.75, 3.05) is 26.3 Å². The van der Waals surface area contributed by atoms with Gasteiger partial charge in [-0.2, -0.15) is 0 Å². The van der Waals surface area contributed by atoms with E-state index in [2.05, 4.69) is 9.88 Å². The van der Waals surface area contributed by atoms with E-state index in [-0.39, 0.29) is 11.6 Å². The van der Waals surface area contributed by atoms with E-state index in [1.54, 1.807) is 10.5 Å². The molecule has 112 valence electrons. The lowest BCUT2D eigenvalue weighted by atomic mass is 10.0. The number of nitrogens with zero attached hydrogens (tertiary/aromatic N) is 3. The van der Waals surface area contributed by atoms with Gasteiger partial charge in [0.15, 0.2) is 5.79 Å². The van der Waals surface area contributed by atoms with E-state index >= 15 is 0 Å². The van der Waals surface area contributed by atoms with Crippen LogP contribution in [0.1, 0.15) is 18.5 Å². The molecule has 2 aromatic heterocycles. The van der Waals surface area contributed by atoms with Gasteiger partial charge in [0, 0.05) is 44.9 Å². The average Bonchev–Trinajstić information content (AvgIpc) is 3.08. The largest absolute Gasteiger partial charge is 0.347 e. The van der Waals surface area contributed by atoms with Gasteiger partial charge in [-0.1, -0.05) is 0 Å². The van der Waals surface area contributed by atoms with Gasteiger partial charge in [-0.25, -0.2) is 9.37 Å². The zero-order chi connectivity index (χ0) is 14.3. The Morgan fingerprint density at radius 1 is 1.14 bits per heavy atom. The number of hydrogen-bond donors (Lipinski definition) is 0. The van der Waals surface area contributed by atoms with Crippen LogP contribution in [0.5, 0.6) is 0 Å². The third-order valence-electron chi connectivity index (χ3n) is 4.28. The van der Waals surface area contributed by atoms with Crippen molar-refractivity contribution in [2.45, 2.75) is 25.2 Å². The van der Waals surface area contributed by atoms with Gasteiger partial charge in [0.1, 0.15) is 11.5 Å². The number of imidazole rings is 1. The van der Waals surface area contributed by atoms with E-state index < -0.39 is 0 Å². The van der Waals surface area contributed by atoms with Crippen LogP contribution in [0, 0.1) is 5.82 Å². The molecule has 0 saturated carbocycles. The Morgan fingerprint density at radius 2 is 1.90 bits per heavy atom. The highest BCUT2D eigenvalue weighted by atomic mass is 19.1. The SMILES string of the molecule is Fc1ccc2nc(CN3CCC4(CC3)OCCO4)cn2c1. The molecule has 2 aliphatic rings. The molecule has 5 nitrogen and oxygen atoms in total. The summed E-state index contributed by atoms with van der Waals surface area (Å²) in [5.41, 5.74) is 1.74. The van der Waals surface area contributed by atoms with Gasteiger partial charge in [-0.15, -0.1) is 0 Å². The molecule has 2 aromatic rings. The van der Waals surface area contributed by atoms with Crippen molar-refractivity contribution in [2.24, 2.45) is 0 Å². The second-order valence-electron chi connectivity index (χ2n) is 5.73. The smallest absolute Gasteiger partial charge is 0.170 e. The molecule has 4 heterocycles. The van der Waals surface area contributed by atoms with Crippen molar-refractivity contribution in [1.29, 1.82) is 0 Å². The van der Waals surface area contributed by atoms with Gasteiger partial charge in [0.2, 0.25) is 0 Å². The minimum atomic E-state index is -0.335. The lowest BCUT2D eigenvalue weighted by Crippen LogP contribution is -2.44. The standard InChI is InChI=1S/C15H18FN3O2/c16-12-1-2-14-17-13(11-19(14)9-12)10-18-5-3-15(4-6-18)20-7-8-21-15/h1-2,9,11H,3-8,10H2. The van der Waals surface area contributed by atoms with Crippen LogP contribution < -0.4 is 0 Å². The maximum atomic E-state index is 13.2. The zero-order valence-corrected chi connectivity index (χ0v) is 11.8. The Labute approximate surface area is 122 Å². The van der Waals surface area contributed by atoms with Crippen LogP contribution in [0.2, 0.25) is 0 Å². The molecule has 0 aromatic carbocycles. The van der Waals surface area contributed by atoms with Crippen LogP contribution in [-0.4, -0.2) is 46.4 Å². The molecular formula is C15H18FN3O2. The molecule has 0 radical (unpaired) electrons. The minimum absolute atomic E-state index is 0.248. The molecule has 0 bridgehead atoms. The van der Waals surface area contributed by atoms with Gasteiger partial charge in [0.05, 0.1) is 18.9 Å². The molecule has 0 amide bonds. The average molecular weight is 291 g/mol. The van der Waals surface area contributed by atoms with Crippen molar-refractivity contribution in [3.05, 3.63) is 36.0 Å². The molecule has 21 heavy (non-hydrogen) atoms. The van der Waals surface area contributed by atoms with E-state index in [0.29, 0.717) is 13.2 Å². The number of hydrogen-bond acceptors (Lipinski definition) is 4. The number of pyridine rings is 1. The van der Waals surface area contributed by atoms with Crippen molar-refractivity contribution >= 4 is 5.65 Å². The summed E-state index contributed by atoms with van der Waals surface area (Å²) in [5, 5.41) is 0. The zero-order valence-electron chi connectivity index (χ0n) is 11.8. The van der Waals surface area contributed by atoms with E-state index in [9.17, 15) is 4.39 Å². The minimum Gasteiger partial charge on any atom is -0.347 e. The Kier molecular flexibility index (Phi) is 3.17. The van der Waals surface area contributed by atoms with Crippen molar-refractivity contribution < 1.29 is 13.9 Å². The molecule has 2 fully saturated rings. The second kappa shape index (κ2) is 5.05. The monoisotopic (exact) mass is 291 g/mol. The number of ether oxygens (including phenoxy) is 2. The van der Waals surface area contributed by atoms with Crippen molar-refractivity contribution in [3.8, 4) is 0 Å². The summed E-state index contributed by atoms with van der Waals surface area (Å²) >= 11 is 0. The number of piperidine rings is 1. The maximum absolute atomic E-state index is 13.2. The summed E-state index contributed by atoms with van der Waals surface area (Å²) in [7, 11) is 0. The highest BCUT2D eigenvalue weighted by Crippen LogP contribution is 2.31. The lowest BCUT2D eigenvalue weighted by Gasteiger charge is -2.37. The molecular weight excluding hydrogens is 273 g/mol. The first kappa shape index (κ1) is 13.2. The highest BCUT2D eigenvalue weighted by Gasteiger charge is 2.39.